The lowest BCUT2D eigenvalue weighted by Gasteiger charge is -2.11. The van der Waals surface area contributed by atoms with Crippen LogP contribution < -0.4 is 5.73 Å². The summed E-state index contributed by atoms with van der Waals surface area (Å²) in [5.74, 6) is 0. The van der Waals surface area contributed by atoms with Gasteiger partial charge in [-0.15, -0.1) is 0 Å². The highest BCUT2D eigenvalue weighted by molar-refractivity contribution is 6.30. The zero-order chi connectivity index (χ0) is 11.4. The van der Waals surface area contributed by atoms with Gasteiger partial charge in [0.05, 0.1) is 11.7 Å². The Kier molecular flexibility index (Phi) is 3.54. The molecule has 16 heavy (non-hydrogen) atoms. The van der Waals surface area contributed by atoms with E-state index in [0.29, 0.717) is 5.02 Å². The summed E-state index contributed by atoms with van der Waals surface area (Å²) in [5.41, 5.74) is 8.11. The molecule has 0 amide bonds. The molecule has 0 radical (unpaired) electrons. The quantitative estimate of drug-likeness (QED) is 0.884. The van der Waals surface area contributed by atoms with Gasteiger partial charge in [-0.3, -0.25) is 4.98 Å². The number of halogens is 1. The molecule has 0 saturated carbocycles. The summed E-state index contributed by atoms with van der Waals surface area (Å²) in [5, 5.41) is 0.675. The van der Waals surface area contributed by atoms with E-state index in [2.05, 4.69) is 17.1 Å². The highest BCUT2D eigenvalue weighted by atomic mass is 35.5. The van der Waals surface area contributed by atoms with Crippen LogP contribution in [0.15, 0.2) is 48.7 Å². The maximum atomic E-state index is 6.07. The minimum atomic E-state index is -0.110. The van der Waals surface area contributed by atoms with Crippen LogP contribution in [0.1, 0.15) is 17.3 Å². The molecule has 0 spiro atoms. The van der Waals surface area contributed by atoms with Crippen LogP contribution >= 0.6 is 11.6 Å². The molecule has 2 nitrogen and oxygen atoms in total. The van der Waals surface area contributed by atoms with E-state index in [-0.39, 0.29) is 6.04 Å². The van der Waals surface area contributed by atoms with Gasteiger partial charge in [-0.1, -0.05) is 41.9 Å². The normalized spacial score (nSPS) is 12.4. The fourth-order valence-electron chi connectivity index (χ4n) is 1.60. The van der Waals surface area contributed by atoms with Gasteiger partial charge in [0.25, 0.3) is 0 Å². The average Bonchev–Trinajstić information content (AvgIpc) is 2.30. The van der Waals surface area contributed by atoms with Crippen molar-refractivity contribution in [1.29, 1.82) is 0 Å². The van der Waals surface area contributed by atoms with Crippen molar-refractivity contribution in [2.24, 2.45) is 5.73 Å². The zero-order valence-corrected chi connectivity index (χ0v) is 9.56. The summed E-state index contributed by atoms with van der Waals surface area (Å²) < 4.78 is 0. The summed E-state index contributed by atoms with van der Waals surface area (Å²) in [6, 6.07) is 13.6. The monoisotopic (exact) mass is 232 g/mol. The Bertz CT molecular complexity index is 456. The van der Waals surface area contributed by atoms with Crippen molar-refractivity contribution in [2.45, 2.75) is 12.5 Å². The Morgan fingerprint density at radius 2 is 1.94 bits per heavy atom. The van der Waals surface area contributed by atoms with Gasteiger partial charge >= 0.3 is 0 Å². The second-order valence-corrected chi connectivity index (χ2v) is 4.13. The number of hydrogen-bond acceptors (Lipinski definition) is 2. The van der Waals surface area contributed by atoms with Gasteiger partial charge in [0.2, 0.25) is 0 Å². The number of aromatic nitrogens is 1. The van der Waals surface area contributed by atoms with E-state index in [1.54, 1.807) is 12.3 Å². The van der Waals surface area contributed by atoms with Crippen LogP contribution in [0.4, 0.5) is 0 Å². The predicted octanol–water partition coefficient (Wildman–Crippen LogP) is 2.98. The van der Waals surface area contributed by atoms with Crippen LogP contribution in [0.3, 0.4) is 0 Å². The molecule has 0 saturated heterocycles. The number of hydrogen-bond donors (Lipinski definition) is 1. The van der Waals surface area contributed by atoms with Crippen molar-refractivity contribution in [2.75, 3.05) is 0 Å². The second-order valence-electron chi connectivity index (χ2n) is 3.70. The first-order chi connectivity index (χ1) is 7.75. The maximum absolute atomic E-state index is 6.07. The molecule has 1 atom stereocenters. The van der Waals surface area contributed by atoms with E-state index < -0.39 is 0 Å². The van der Waals surface area contributed by atoms with Crippen molar-refractivity contribution >= 4 is 11.6 Å². The lowest BCUT2D eigenvalue weighted by atomic mass is 10.0. The Balaban J connectivity index is 2.12. The molecule has 2 rings (SSSR count). The number of rotatable bonds is 3. The topological polar surface area (TPSA) is 38.9 Å². The summed E-state index contributed by atoms with van der Waals surface area (Å²) in [6.45, 7) is 0. The minimum Gasteiger partial charge on any atom is -0.322 e. The third-order valence-electron chi connectivity index (χ3n) is 2.42. The molecular weight excluding hydrogens is 220 g/mol. The molecule has 2 N–H and O–H groups in total. The third kappa shape index (κ3) is 2.81. The van der Waals surface area contributed by atoms with Gasteiger partial charge in [0.15, 0.2) is 0 Å². The van der Waals surface area contributed by atoms with E-state index in [1.165, 1.54) is 5.56 Å². The molecule has 0 aliphatic carbocycles. The first kappa shape index (κ1) is 11.1. The smallest absolute Gasteiger partial charge is 0.0589 e. The van der Waals surface area contributed by atoms with Crippen LogP contribution in [0, 0.1) is 0 Å². The van der Waals surface area contributed by atoms with Gasteiger partial charge in [-0.05, 0) is 24.1 Å². The molecule has 0 unspecified atom stereocenters. The molecule has 0 aliphatic heterocycles. The van der Waals surface area contributed by atoms with E-state index in [4.69, 9.17) is 17.3 Å². The first-order valence-corrected chi connectivity index (χ1v) is 5.54. The number of nitrogens with two attached hydrogens (primary N) is 1. The van der Waals surface area contributed by atoms with Crippen LogP contribution in [-0.4, -0.2) is 4.98 Å². The van der Waals surface area contributed by atoms with E-state index in [9.17, 15) is 0 Å². The Hall–Kier alpha value is -1.38. The standard InChI is InChI=1S/C13H13ClN2/c14-11-6-7-16-13(9-11)12(15)8-10-4-2-1-3-5-10/h1-7,9,12H,8,15H2/t12-/m1/s1. The molecule has 82 valence electrons. The van der Waals surface area contributed by atoms with Gasteiger partial charge in [-0.25, -0.2) is 0 Å². The van der Waals surface area contributed by atoms with E-state index >= 15 is 0 Å². The fourth-order valence-corrected chi connectivity index (χ4v) is 1.76. The SMILES string of the molecule is N[C@H](Cc1ccccc1)c1cc(Cl)ccn1. The van der Waals surface area contributed by atoms with Crippen molar-refractivity contribution in [1.82, 2.24) is 4.98 Å². The number of nitrogens with zero attached hydrogens (tertiary/aromatic N) is 1. The highest BCUT2D eigenvalue weighted by Gasteiger charge is 2.08. The Labute approximate surface area is 100 Å². The molecule has 0 aliphatic rings. The average molecular weight is 233 g/mol. The molecule has 1 aromatic heterocycles. The zero-order valence-electron chi connectivity index (χ0n) is 8.81. The van der Waals surface area contributed by atoms with Crippen LogP contribution in [0.2, 0.25) is 5.02 Å². The van der Waals surface area contributed by atoms with Crippen molar-refractivity contribution in [3.05, 3.63) is 64.9 Å². The summed E-state index contributed by atoms with van der Waals surface area (Å²) >= 11 is 5.90. The molecule has 0 fully saturated rings. The Morgan fingerprint density at radius 3 is 2.62 bits per heavy atom. The van der Waals surface area contributed by atoms with E-state index in [0.717, 1.165) is 12.1 Å². The maximum Gasteiger partial charge on any atom is 0.0589 e. The van der Waals surface area contributed by atoms with Gasteiger partial charge in [0.1, 0.15) is 0 Å². The van der Waals surface area contributed by atoms with Crippen LogP contribution in [0.25, 0.3) is 0 Å². The molecular formula is C13H13ClN2. The summed E-state index contributed by atoms with van der Waals surface area (Å²) in [4.78, 5) is 4.23. The lowest BCUT2D eigenvalue weighted by Crippen LogP contribution is -2.14. The molecule has 0 bridgehead atoms. The molecule has 1 aromatic carbocycles. The summed E-state index contributed by atoms with van der Waals surface area (Å²) in [6.07, 6.45) is 2.46. The lowest BCUT2D eigenvalue weighted by molar-refractivity contribution is 0.696. The van der Waals surface area contributed by atoms with E-state index in [1.807, 2.05) is 24.3 Å². The predicted molar refractivity (Wildman–Crippen MR) is 66.3 cm³/mol. The first-order valence-electron chi connectivity index (χ1n) is 5.16. The van der Waals surface area contributed by atoms with Crippen molar-refractivity contribution in [3.8, 4) is 0 Å². The Morgan fingerprint density at radius 1 is 1.19 bits per heavy atom. The summed E-state index contributed by atoms with van der Waals surface area (Å²) in [7, 11) is 0. The van der Waals surface area contributed by atoms with Crippen LogP contribution in [-0.2, 0) is 6.42 Å². The van der Waals surface area contributed by atoms with Crippen molar-refractivity contribution in [3.63, 3.8) is 0 Å². The molecule has 2 aromatic rings. The molecule has 1 heterocycles. The van der Waals surface area contributed by atoms with Gasteiger partial charge in [0, 0.05) is 11.2 Å². The fraction of sp³-hybridized carbons (Fsp3) is 0.154. The molecule has 3 heteroatoms. The minimum absolute atomic E-state index is 0.110. The van der Waals surface area contributed by atoms with Gasteiger partial charge in [-0.2, -0.15) is 0 Å². The highest BCUT2D eigenvalue weighted by Crippen LogP contribution is 2.17. The van der Waals surface area contributed by atoms with Gasteiger partial charge < -0.3 is 5.73 Å². The van der Waals surface area contributed by atoms with Crippen molar-refractivity contribution < 1.29 is 0 Å². The van der Waals surface area contributed by atoms with Crippen LogP contribution in [0.5, 0.6) is 0 Å². The largest absolute Gasteiger partial charge is 0.322 e. The number of benzene rings is 1. The number of pyridine rings is 1. The third-order valence-corrected chi connectivity index (χ3v) is 2.66. The second kappa shape index (κ2) is 5.10.